The molecule has 1 aromatic heterocycles. The lowest BCUT2D eigenvalue weighted by atomic mass is 10.0. The molecule has 0 aliphatic carbocycles. The fourth-order valence-electron chi connectivity index (χ4n) is 2.52. The Morgan fingerprint density at radius 2 is 1.54 bits per heavy atom. The molecule has 0 bridgehead atoms. The van der Waals surface area contributed by atoms with Crippen molar-refractivity contribution in [3.63, 3.8) is 0 Å². The Kier molecular flexibility index (Phi) is 5.82. The van der Waals surface area contributed by atoms with Crippen LogP contribution in [0.3, 0.4) is 0 Å². The first-order valence-corrected chi connectivity index (χ1v) is 8.47. The van der Waals surface area contributed by atoms with Gasteiger partial charge in [0, 0.05) is 17.1 Å². The van der Waals surface area contributed by atoms with Gasteiger partial charge in [0.2, 0.25) is 0 Å². The highest BCUT2D eigenvalue weighted by molar-refractivity contribution is 6.11. The minimum absolute atomic E-state index is 0.247. The van der Waals surface area contributed by atoms with Gasteiger partial charge >= 0.3 is 12.1 Å². The van der Waals surface area contributed by atoms with Crippen LogP contribution >= 0.6 is 0 Å². The maximum atomic E-state index is 13.1. The summed E-state index contributed by atoms with van der Waals surface area (Å²) in [5.41, 5.74) is -0.945. The van der Waals surface area contributed by atoms with Crippen LogP contribution < -0.4 is 5.32 Å². The second kappa shape index (κ2) is 7.61. The molecule has 1 heterocycles. The number of pyridine rings is 1. The number of hydrogen-bond donors (Lipinski definition) is 1. The van der Waals surface area contributed by atoms with E-state index < -0.39 is 34.8 Å². The van der Waals surface area contributed by atoms with Crippen molar-refractivity contribution in [2.45, 2.75) is 46.4 Å². The third kappa shape index (κ3) is 5.55. The number of nitrogens with one attached hydrogen (secondary N) is 1. The van der Waals surface area contributed by atoms with Crippen LogP contribution in [0.4, 0.5) is 18.9 Å². The summed E-state index contributed by atoms with van der Waals surface area (Å²) in [6.45, 7) is 8.31. The molecule has 0 saturated heterocycles. The zero-order chi connectivity index (χ0) is 21.3. The molecule has 2 rings (SSSR count). The van der Waals surface area contributed by atoms with Crippen LogP contribution in [0.25, 0.3) is 0 Å². The lowest BCUT2D eigenvalue weighted by Gasteiger charge is -2.21. The third-order valence-electron chi connectivity index (χ3n) is 3.55. The maximum Gasteiger partial charge on any atom is 0.416 e. The molecule has 150 valence electrons. The van der Waals surface area contributed by atoms with Crippen LogP contribution in [0.15, 0.2) is 30.3 Å². The predicted molar refractivity (Wildman–Crippen MR) is 98.3 cm³/mol. The highest BCUT2D eigenvalue weighted by Crippen LogP contribution is 2.31. The first-order chi connectivity index (χ1) is 12.8. The Hall–Kier alpha value is -2.90. The number of anilines is 1. The standard InChI is InChI=1S/C20H21F3N2O3/c1-11-8-14(9-12(2)24-11)25-17(26)16-10-13(20(21,22)23)6-7-15(16)18(27)28-19(3,4)5/h6-10H,1-5H3,(H,24,25,26). The lowest BCUT2D eigenvalue weighted by Crippen LogP contribution is -2.26. The van der Waals surface area contributed by atoms with E-state index in [4.69, 9.17) is 4.74 Å². The molecule has 28 heavy (non-hydrogen) atoms. The van der Waals surface area contributed by atoms with Gasteiger partial charge in [-0.05, 0) is 65.0 Å². The van der Waals surface area contributed by atoms with Crippen LogP contribution in [-0.4, -0.2) is 22.5 Å². The van der Waals surface area contributed by atoms with Gasteiger partial charge in [-0.25, -0.2) is 4.79 Å². The molecular weight excluding hydrogens is 373 g/mol. The van der Waals surface area contributed by atoms with Crippen molar-refractivity contribution in [3.05, 3.63) is 58.4 Å². The van der Waals surface area contributed by atoms with E-state index in [0.717, 1.165) is 12.1 Å². The van der Waals surface area contributed by atoms with Gasteiger partial charge in [-0.3, -0.25) is 9.78 Å². The van der Waals surface area contributed by atoms with E-state index >= 15 is 0 Å². The van der Waals surface area contributed by atoms with Crippen molar-refractivity contribution in [1.82, 2.24) is 4.98 Å². The zero-order valence-corrected chi connectivity index (χ0v) is 16.2. The minimum atomic E-state index is -4.66. The number of nitrogens with zero attached hydrogens (tertiary/aromatic N) is 1. The topological polar surface area (TPSA) is 68.3 Å². The summed E-state index contributed by atoms with van der Waals surface area (Å²) in [7, 11) is 0. The van der Waals surface area contributed by atoms with Crippen LogP contribution in [0.1, 0.15) is 58.4 Å². The second-order valence-electron chi connectivity index (χ2n) is 7.35. The molecule has 2 aromatic rings. The Morgan fingerprint density at radius 3 is 2.04 bits per heavy atom. The molecule has 1 amide bonds. The summed E-state index contributed by atoms with van der Waals surface area (Å²) in [4.78, 5) is 29.3. The van der Waals surface area contributed by atoms with E-state index in [1.807, 2.05) is 0 Å². The summed E-state index contributed by atoms with van der Waals surface area (Å²) in [5, 5.41) is 2.52. The minimum Gasteiger partial charge on any atom is -0.456 e. The predicted octanol–water partition coefficient (Wildman–Crippen LogP) is 4.92. The number of alkyl halides is 3. The Balaban J connectivity index is 2.48. The molecule has 8 heteroatoms. The number of halogens is 3. The van der Waals surface area contributed by atoms with Gasteiger partial charge in [0.15, 0.2) is 0 Å². The van der Waals surface area contributed by atoms with E-state index in [1.165, 1.54) is 0 Å². The number of carbonyl (C=O) groups excluding carboxylic acids is 2. The zero-order valence-electron chi connectivity index (χ0n) is 16.2. The van der Waals surface area contributed by atoms with Crippen molar-refractivity contribution in [3.8, 4) is 0 Å². The van der Waals surface area contributed by atoms with E-state index in [0.29, 0.717) is 23.1 Å². The molecule has 0 spiro atoms. The van der Waals surface area contributed by atoms with Gasteiger partial charge in [0.1, 0.15) is 5.60 Å². The van der Waals surface area contributed by atoms with Crippen LogP contribution in [0.2, 0.25) is 0 Å². The summed E-state index contributed by atoms with van der Waals surface area (Å²) < 4.78 is 44.6. The first kappa shape index (κ1) is 21.4. The summed E-state index contributed by atoms with van der Waals surface area (Å²) in [6, 6.07) is 5.50. The van der Waals surface area contributed by atoms with E-state index in [2.05, 4.69) is 10.3 Å². The summed E-state index contributed by atoms with van der Waals surface area (Å²) in [6.07, 6.45) is -4.66. The monoisotopic (exact) mass is 394 g/mol. The molecule has 0 radical (unpaired) electrons. The fraction of sp³-hybridized carbons (Fsp3) is 0.350. The summed E-state index contributed by atoms with van der Waals surface area (Å²) in [5.74, 6) is -1.73. The normalized spacial score (nSPS) is 11.9. The molecule has 0 atom stereocenters. The van der Waals surface area contributed by atoms with Crippen LogP contribution in [0, 0.1) is 13.8 Å². The molecule has 1 aromatic carbocycles. The van der Waals surface area contributed by atoms with Crippen molar-refractivity contribution >= 4 is 17.6 Å². The Labute approximate surface area is 160 Å². The number of amides is 1. The number of ether oxygens (including phenoxy) is 1. The van der Waals surface area contributed by atoms with Gasteiger partial charge < -0.3 is 10.1 Å². The molecule has 0 saturated carbocycles. The third-order valence-corrected chi connectivity index (χ3v) is 3.55. The van der Waals surface area contributed by atoms with Crippen molar-refractivity contribution in [1.29, 1.82) is 0 Å². The molecule has 0 aliphatic heterocycles. The van der Waals surface area contributed by atoms with Gasteiger partial charge in [-0.15, -0.1) is 0 Å². The van der Waals surface area contributed by atoms with Crippen molar-refractivity contribution in [2.24, 2.45) is 0 Å². The molecule has 0 unspecified atom stereocenters. The van der Waals surface area contributed by atoms with Crippen molar-refractivity contribution < 1.29 is 27.5 Å². The van der Waals surface area contributed by atoms with E-state index in [-0.39, 0.29) is 5.56 Å². The number of carbonyl (C=O) groups is 2. The molecule has 0 aliphatic rings. The number of benzene rings is 1. The largest absolute Gasteiger partial charge is 0.456 e. The average Bonchev–Trinajstić information content (AvgIpc) is 2.50. The molecule has 0 fully saturated rings. The van der Waals surface area contributed by atoms with Crippen LogP contribution in [0.5, 0.6) is 0 Å². The first-order valence-electron chi connectivity index (χ1n) is 8.47. The highest BCUT2D eigenvalue weighted by atomic mass is 19.4. The highest BCUT2D eigenvalue weighted by Gasteiger charge is 2.33. The molecule has 1 N–H and O–H groups in total. The van der Waals surface area contributed by atoms with Crippen molar-refractivity contribution in [2.75, 3.05) is 5.32 Å². The van der Waals surface area contributed by atoms with Gasteiger partial charge in [-0.1, -0.05) is 0 Å². The number of hydrogen-bond acceptors (Lipinski definition) is 4. The molecule has 5 nitrogen and oxygen atoms in total. The fourth-order valence-corrected chi connectivity index (χ4v) is 2.52. The number of aromatic nitrogens is 1. The quantitative estimate of drug-likeness (QED) is 0.750. The maximum absolute atomic E-state index is 13.1. The van der Waals surface area contributed by atoms with E-state index in [1.54, 1.807) is 46.8 Å². The smallest absolute Gasteiger partial charge is 0.416 e. The van der Waals surface area contributed by atoms with E-state index in [9.17, 15) is 22.8 Å². The number of rotatable bonds is 3. The van der Waals surface area contributed by atoms with Gasteiger partial charge in [0.25, 0.3) is 5.91 Å². The summed E-state index contributed by atoms with van der Waals surface area (Å²) >= 11 is 0. The number of aryl methyl sites for hydroxylation is 2. The SMILES string of the molecule is Cc1cc(NC(=O)c2cc(C(F)(F)F)ccc2C(=O)OC(C)(C)C)cc(C)n1. The Morgan fingerprint density at radius 1 is 0.964 bits per heavy atom. The molecular formula is C20H21F3N2O3. The van der Waals surface area contributed by atoms with Gasteiger partial charge in [0.05, 0.1) is 16.7 Å². The number of esters is 1. The average molecular weight is 394 g/mol. The second-order valence-corrected chi connectivity index (χ2v) is 7.35. The van der Waals surface area contributed by atoms with Crippen LogP contribution in [-0.2, 0) is 10.9 Å². The lowest BCUT2D eigenvalue weighted by molar-refractivity contribution is -0.137. The van der Waals surface area contributed by atoms with Gasteiger partial charge in [-0.2, -0.15) is 13.2 Å². The Bertz CT molecular complexity index is 896.